The molecule has 0 bridgehead atoms. The summed E-state index contributed by atoms with van der Waals surface area (Å²) in [5.41, 5.74) is 17.4. The van der Waals surface area contributed by atoms with E-state index in [2.05, 4.69) is 169 Å². The van der Waals surface area contributed by atoms with Gasteiger partial charge < -0.3 is 19.9 Å². The molecular formula is C44H38N4. The molecule has 0 fully saturated rings. The van der Waals surface area contributed by atoms with Gasteiger partial charge in [-0.3, -0.25) is 0 Å². The standard InChI is InChI=1S/C44H38N4/c1-25-5-13-39-31(17-25)35(21-45-39)43(36-22-46-40-14-6-26(2)18-32(36)40)29-9-11-30(12-10-29)44(37-23-47-41-15-7-27(3)19-33(37)41)38-24-48-42-16-8-28(4)20-34(38)42/h5-24,43-48H,1-4H3. The molecule has 0 aliphatic heterocycles. The summed E-state index contributed by atoms with van der Waals surface area (Å²) in [6.45, 7) is 8.70. The summed E-state index contributed by atoms with van der Waals surface area (Å²) < 4.78 is 0. The number of aryl methyl sites for hydroxylation is 4. The minimum absolute atomic E-state index is 0.0510. The zero-order valence-electron chi connectivity index (χ0n) is 27.7. The van der Waals surface area contributed by atoms with E-state index < -0.39 is 0 Å². The van der Waals surface area contributed by atoms with Crippen LogP contribution in [0.2, 0.25) is 0 Å². The molecule has 4 heterocycles. The van der Waals surface area contributed by atoms with E-state index in [-0.39, 0.29) is 11.8 Å². The Hall–Kier alpha value is -5.74. The number of H-pyrrole nitrogens is 4. The summed E-state index contributed by atoms with van der Waals surface area (Å²) >= 11 is 0. The molecule has 0 saturated carbocycles. The molecule has 9 rings (SSSR count). The molecule has 234 valence electrons. The van der Waals surface area contributed by atoms with Crippen molar-refractivity contribution in [3.05, 3.63) is 177 Å². The lowest BCUT2D eigenvalue weighted by atomic mass is 9.81. The second kappa shape index (κ2) is 10.9. The highest BCUT2D eigenvalue weighted by Crippen LogP contribution is 2.43. The fourth-order valence-electron chi connectivity index (χ4n) is 7.91. The number of rotatable bonds is 6. The smallest absolute Gasteiger partial charge is 0.0457 e. The fraction of sp³-hybridized carbons (Fsp3) is 0.136. The number of benzene rings is 5. The lowest BCUT2D eigenvalue weighted by Gasteiger charge is -2.21. The van der Waals surface area contributed by atoms with E-state index >= 15 is 0 Å². The van der Waals surface area contributed by atoms with Crippen LogP contribution in [-0.2, 0) is 0 Å². The van der Waals surface area contributed by atoms with E-state index in [4.69, 9.17) is 0 Å². The summed E-state index contributed by atoms with van der Waals surface area (Å²) in [6.07, 6.45) is 8.84. The normalized spacial score (nSPS) is 12.1. The third kappa shape index (κ3) is 4.59. The van der Waals surface area contributed by atoms with Gasteiger partial charge in [0.25, 0.3) is 0 Å². The van der Waals surface area contributed by atoms with Gasteiger partial charge in [-0.2, -0.15) is 0 Å². The van der Waals surface area contributed by atoms with Crippen molar-refractivity contribution >= 4 is 43.6 Å². The van der Waals surface area contributed by atoms with Gasteiger partial charge in [-0.05, 0) is 110 Å². The van der Waals surface area contributed by atoms with Crippen LogP contribution in [0.4, 0.5) is 0 Å². The molecule has 4 nitrogen and oxygen atoms in total. The van der Waals surface area contributed by atoms with Crippen LogP contribution in [-0.4, -0.2) is 19.9 Å². The van der Waals surface area contributed by atoms with Crippen LogP contribution in [0.5, 0.6) is 0 Å². The van der Waals surface area contributed by atoms with Gasteiger partial charge in [-0.25, -0.2) is 0 Å². The molecule has 4 heteroatoms. The summed E-state index contributed by atoms with van der Waals surface area (Å²) in [5.74, 6) is 0.102. The first-order valence-corrected chi connectivity index (χ1v) is 16.8. The van der Waals surface area contributed by atoms with E-state index in [0.717, 1.165) is 22.1 Å². The van der Waals surface area contributed by atoms with Crippen molar-refractivity contribution in [1.29, 1.82) is 0 Å². The maximum atomic E-state index is 3.58. The summed E-state index contributed by atoms with van der Waals surface area (Å²) in [4.78, 5) is 14.3. The van der Waals surface area contributed by atoms with Gasteiger partial charge in [-0.1, -0.05) is 70.8 Å². The number of hydrogen-bond donors (Lipinski definition) is 4. The zero-order chi connectivity index (χ0) is 32.5. The first-order valence-electron chi connectivity index (χ1n) is 16.8. The van der Waals surface area contributed by atoms with Crippen molar-refractivity contribution in [1.82, 2.24) is 19.9 Å². The van der Waals surface area contributed by atoms with Crippen LogP contribution in [0.1, 0.15) is 67.5 Å². The Bertz CT molecular complexity index is 2280. The molecule has 0 aliphatic carbocycles. The van der Waals surface area contributed by atoms with Crippen molar-refractivity contribution in [2.24, 2.45) is 0 Å². The SMILES string of the molecule is Cc1ccc2[nH]cc(C(c3ccc(C(c4c[nH]c5ccc(C)cc45)c4c[nH]c5ccc(C)cc45)cc3)c3c[nH]c4ccc(C)cc34)c2c1. The Morgan fingerprint density at radius 1 is 0.333 bits per heavy atom. The molecule has 4 aromatic heterocycles. The first-order chi connectivity index (χ1) is 23.4. The molecule has 4 N–H and O–H groups in total. The Labute approximate surface area is 279 Å². The molecule has 0 amide bonds. The summed E-state index contributed by atoms with van der Waals surface area (Å²) in [6, 6.07) is 36.2. The maximum Gasteiger partial charge on any atom is 0.0457 e. The van der Waals surface area contributed by atoms with Crippen LogP contribution in [0.3, 0.4) is 0 Å². The highest BCUT2D eigenvalue weighted by Gasteiger charge is 2.27. The Kier molecular flexibility index (Phi) is 6.48. The van der Waals surface area contributed by atoms with Crippen LogP contribution in [0.25, 0.3) is 43.6 Å². The van der Waals surface area contributed by atoms with Crippen LogP contribution < -0.4 is 0 Å². The third-order valence-electron chi connectivity index (χ3n) is 10.3. The van der Waals surface area contributed by atoms with E-state index in [1.165, 1.54) is 77.2 Å². The Morgan fingerprint density at radius 3 is 0.833 bits per heavy atom. The number of aromatic nitrogens is 4. The zero-order valence-corrected chi connectivity index (χ0v) is 27.7. The minimum Gasteiger partial charge on any atom is -0.361 e. The number of nitrogens with one attached hydrogen (secondary N) is 4. The van der Waals surface area contributed by atoms with E-state index in [9.17, 15) is 0 Å². The average molecular weight is 623 g/mol. The quantitative estimate of drug-likeness (QED) is 0.143. The molecule has 48 heavy (non-hydrogen) atoms. The van der Waals surface area contributed by atoms with Gasteiger partial charge in [0.05, 0.1) is 0 Å². The van der Waals surface area contributed by atoms with Gasteiger partial charge in [-0.15, -0.1) is 0 Å². The molecule has 0 unspecified atom stereocenters. The van der Waals surface area contributed by atoms with Crippen LogP contribution in [0.15, 0.2) is 122 Å². The highest BCUT2D eigenvalue weighted by atomic mass is 14.7. The first kappa shape index (κ1) is 28.5. The Morgan fingerprint density at radius 2 is 0.583 bits per heavy atom. The lowest BCUT2D eigenvalue weighted by Crippen LogP contribution is -2.06. The molecular weight excluding hydrogens is 585 g/mol. The molecule has 0 radical (unpaired) electrons. The molecule has 5 aromatic carbocycles. The van der Waals surface area contributed by atoms with Crippen LogP contribution in [0, 0.1) is 27.7 Å². The predicted molar refractivity (Wildman–Crippen MR) is 200 cm³/mol. The molecule has 0 spiro atoms. The monoisotopic (exact) mass is 622 g/mol. The average Bonchev–Trinajstić information content (AvgIpc) is 3.89. The molecule has 0 aliphatic rings. The van der Waals surface area contributed by atoms with Crippen LogP contribution >= 0.6 is 0 Å². The van der Waals surface area contributed by atoms with Crippen molar-refractivity contribution in [3.8, 4) is 0 Å². The van der Waals surface area contributed by atoms with Gasteiger partial charge in [0.2, 0.25) is 0 Å². The van der Waals surface area contributed by atoms with Gasteiger partial charge in [0.1, 0.15) is 0 Å². The topological polar surface area (TPSA) is 63.2 Å². The largest absolute Gasteiger partial charge is 0.361 e. The highest BCUT2D eigenvalue weighted by molar-refractivity contribution is 5.91. The third-order valence-corrected chi connectivity index (χ3v) is 10.3. The van der Waals surface area contributed by atoms with Crippen molar-refractivity contribution in [2.75, 3.05) is 0 Å². The predicted octanol–water partition coefficient (Wildman–Crippen LogP) is 11.2. The van der Waals surface area contributed by atoms with E-state index in [1.54, 1.807) is 0 Å². The second-order valence-electron chi connectivity index (χ2n) is 13.7. The molecule has 9 aromatic rings. The number of fused-ring (bicyclic) bond motifs is 4. The van der Waals surface area contributed by atoms with Gasteiger partial charge in [0, 0.05) is 80.2 Å². The molecule has 0 atom stereocenters. The summed E-state index contributed by atoms with van der Waals surface area (Å²) in [7, 11) is 0. The lowest BCUT2D eigenvalue weighted by molar-refractivity contribution is 0.970. The van der Waals surface area contributed by atoms with Crippen molar-refractivity contribution in [3.63, 3.8) is 0 Å². The van der Waals surface area contributed by atoms with Gasteiger partial charge >= 0.3 is 0 Å². The second-order valence-corrected chi connectivity index (χ2v) is 13.7. The number of hydrogen-bond acceptors (Lipinski definition) is 0. The fourth-order valence-corrected chi connectivity index (χ4v) is 7.91. The summed E-state index contributed by atoms with van der Waals surface area (Å²) in [5, 5.41) is 5.08. The van der Waals surface area contributed by atoms with Crippen molar-refractivity contribution in [2.45, 2.75) is 39.5 Å². The van der Waals surface area contributed by atoms with E-state index in [1.807, 2.05) is 0 Å². The Balaban J connectivity index is 1.24. The van der Waals surface area contributed by atoms with E-state index in [0.29, 0.717) is 0 Å². The number of aromatic amines is 4. The van der Waals surface area contributed by atoms with Gasteiger partial charge in [0.15, 0.2) is 0 Å². The molecule has 0 saturated heterocycles. The van der Waals surface area contributed by atoms with Crippen molar-refractivity contribution < 1.29 is 0 Å². The minimum atomic E-state index is 0.0510. The maximum absolute atomic E-state index is 3.58.